The number of aryl methyl sites for hydroxylation is 1. The summed E-state index contributed by atoms with van der Waals surface area (Å²) < 4.78 is 42.1. The molecule has 4 aromatic rings. The van der Waals surface area contributed by atoms with Crippen molar-refractivity contribution in [3.63, 3.8) is 0 Å². The molecule has 0 saturated carbocycles. The summed E-state index contributed by atoms with van der Waals surface area (Å²) in [5.74, 6) is -1.16. The van der Waals surface area contributed by atoms with Gasteiger partial charge >= 0.3 is 0 Å². The van der Waals surface area contributed by atoms with Gasteiger partial charge in [-0.05, 0) is 48.4 Å². The van der Waals surface area contributed by atoms with Crippen LogP contribution in [-0.2, 0) is 16.6 Å². The molecule has 0 radical (unpaired) electrons. The van der Waals surface area contributed by atoms with Crippen molar-refractivity contribution in [1.29, 1.82) is 0 Å². The number of benzene rings is 3. The summed E-state index contributed by atoms with van der Waals surface area (Å²) >= 11 is 0. The number of carbonyl (C=O) groups is 1. The minimum Gasteiger partial charge on any atom is -0.266 e. The van der Waals surface area contributed by atoms with Crippen molar-refractivity contribution in [2.24, 2.45) is 0 Å². The van der Waals surface area contributed by atoms with Crippen molar-refractivity contribution in [2.45, 2.75) is 18.4 Å². The molecule has 152 valence electrons. The van der Waals surface area contributed by atoms with Crippen molar-refractivity contribution in [3.05, 3.63) is 95.4 Å². The van der Waals surface area contributed by atoms with Crippen molar-refractivity contribution in [3.8, 4) is 0 Å². The monoisotopic (exact) mass is 423 g/mol. The highest BCUT2D eigenvalue weighted by atomic mass is 32.2. The van der Waals surface area contributed by atoms with Gasteiger partial charge in [0.25, 0.3) is 15.9 Å². The standard InChI is InChI=1S/C22H18FN3O3S/c1-15-5-4-6-18(13-15)30(28,29)25-22(27)21-19-7-2-3-8-20(19)26(24-21)14-16-9-11-17(23)12-10-16/h2-13H,14H2,1H3,(H,25,27). The van der Waals surface area contributed by atoms with Crippen LogP contribution in [0.15, 0.2) is 77.7 Å². The summed E-state index contributed by atoms with van der Waals surface area (Å²) in [4.78, 5) is 12.8. The number of fused-ring (bicyclic) bond motifs is 1. The second-order valence-electron chi connectivity index (χ2n) is 6.90. The highest BCUT2D eigenvalue weighted by molar-refractivity contribution is 7.90. The van der Waals surface area contributed by atoms with Gasteiger partial charge in [0.15, 0.2) is 5.69 Å². The normalized spacial score (nSPS) is 11.5. The first-order valence-corrected chi connectivity index (χ1v) is 10.7. The second kappa shape index (κ2) is 7.72. The Morgan fingerprint density at radius 3 is 2.50 bits per heavy atom. The van der Waals surface area contributed by atoms with Gasteiger partial charge < -0.3 is 0 Å². The van der Waals surface area contributed by atoms with Crippen LogP contribution in [0.1, 0.15) is 21.6 Å². The van der Waals surface area contributed by atoms with Crippen molar-refractivity contribution >= 4 is 26.8 Å². The molecule has 0 unspecified atom stereocenters. The molecule has 30 heavy (non-hydrogen) atoms. The van der Waals surface area contributed by atoms with E-state index in [-0.39, 0.29) is 16.4 Å². The van der Waals surface area contributed by atoms with Crippen molar-refractivity contribution in [1.82, 2.24) is 14.5 Å². The largest absolute Gasteiger partial charge is 0.286 e. The van der Waals surface area contributed by atoms with E-state index in [1.807, 2.05) is 0 Å². The van der Waals surface area contributed by atoms with Crippen LogP contribution < -0.4 is 4.72 Å². The van der Waals surface area contributed by atoms with Gasteiger partial charge in [-0.25, -0.2) is 17.5 Å². The zero-order valence-corrected chi connectivity index (χ0v) is 16.9. The first-order valence-electron chi connectivity index (χ1n) is 9.17. The molecular weight excluding hydrogens is 405 g/mol. The van der Waals surface area contributed by atoms with Gasteiger partial charge in [-0.3, -0.25) is 9.48 Å². The molecule has 1 aromatic heterocycles. The van der Waals surface area contributed by atoms with Crippen molar-refractivity contribution in [2.75, 3.05) is 0 Å². The first kappa shape index (κ1) is 19.8. The predicted octanol–water partition coefficient (Wildman–Crippen LogP) is 3.65. The molecule has 4 rings (SSSR count). The lowest BCUT2D eigenvalue weighted by molar-refractivity contribution is 0.0977. The maximum absolute atomic E-state index is 13.2. The Morgan fingerprint density at radius 1 is 1.03 bits per heavy atom. The third-order valence-electron chi connectivity index (χ3n) is 4.65. The number of nitrogens with zero attached hydrogens (tertiary/aromatic N) is 2. The zero-order chi connectivity index (χ0) is 21.3. The van der Waals surface area contributed by atoms with E-state index in [1.165, 1.54) is 24.3 Å². The van der Waals surface area contributed by atoms with Gasteiger partial charge in [-0.2, -0.15) is 5.10 Å². The Morgan fingerprint density at radius 2 is 1.77 bits per heavy atom. The van der Waals surface area contributed by atoms with Gasteiger partial charge in [0.05, 0.1) is 17.0 Å². The highest BCUT2D eigenvalue weighted by Gasteiger charge is 2.23. The van der Waals surface area contributed by atoms with E-state index < -0.39 is 15.9 Å². The first-order chi connectivity index (χ1) is 14.3. The van der Waals surface area contributed by atoms with E-state index in [9.17, 15) is 17.6 Å². The highest BCUT2D eigenvalue weighted by Crippen LogP contribution is 2.21. The van der Waals surface area contributed by atoms with Crippen LogP contribution in [-0.4, -0.2) is 24.1 Å². The summed E-state index contributed by atoms with van der Waals surface area (Å²) in [5.41, 5.74) is 2.23. The Bertz CT molecular complexity index is 1350. The van der Waals surface area contributed by atoms with E-state index in [2.05, 4.69) is 9.82 Å². The molecule has 1 N–H and O–H groups in total. The predicted molar refractivity (Wildman–Crippen MR) is 111 cm³/mol. The molecular formula is C22H18FN3O3S. The molecule has 0 aliphatic rings. The number of amides is 1. The zero-order valence-electron chi connectivity index (χ0n) is 16.0. The fourth-order valence-electron chi connectivity index (χ4n) is 3.19. The van der Waals surface area contributed by atoms with E-state index >= 15 is 0 Å². The minimum absolute atomic E-state index is 0.00365. The molecule has 6 nitrogen and oxygen atoms in total. The van der Waals surface area contributed by atoms with Crippen LogP contribution in [0.4, 0.5) is 4.39 Å². The Kier molecular flexibility index (Phi) is 5.09. The number of sulfonamides is 1. The molecule has 0 saturated heterocycles. The van der Waals surface area contributed by atoms with Gasteiger partial charge in [-0.1, -0.05) is 42.5 Å². The lowest BCUT2D eigenvalue weighted by Gasteiger charge is -2.06. The average molecular weight is 423 g/mol. The minimum atomic E-state index is -4.04. The molecule has 1 amide bonds. The molecule has 0 spiro atoms. The number of aromatic nitrogens is 2. The van der Waals surface area contributed by atoms with Crippen LogP contribution in [0.5, 0.6) is 0 Å². The topological polar surface area (TPSA) is 81.1 Å². The molecule has 0 fully saturated rings. The summed E-state index contributed by atoms with van der Waals surface area (Å²) in [6, 6.07) is 19.3. The Labute approximate surface area is 173 Å². The second-order valence-corrected chi connectivity index (χ2v) is 8.58. The van der Waals surface area contributed by atoms with E-state index in [1.54, 1.807) is 60.1 Å². The average Bonchev–Trinajstić information content (AvgIpc) is 3.08. The van der Waals surface area contributed by atoms with Gasteiger partial charge in [0.1, 0.15) is 5.82 Å². The summed E-state index contributed by atoms with van der Waals surface area (Å²) in [5, 5.41) is 4.87. The molecule has 0 aliphatic carbocycles. The summed E-state index contributed by atoms with van der Waals surface area (Å²) in [6.45, 7) is 2.07. The summed E-state index contributed by atoms with van der Waals surface area (Å²) in [6.07, 6.45) is 0. The van der Waals surface area contributed by atoms with Gasteiger partial charge in [0, 0.05) is 5.39 Å². The van der Waals surface area contributed by atoms with Crippen LogP contribution >= 0.6 is 0 Å². The number of rotatable bonds is 5. The quantitative estimate of drug-likeness (QED) is 0.531. The molecule has 3 aromatic carbocycles. The fraction of sp³-hybridized carbons (Fsp3) is 0.0909. The number of para-hydroxylation sites is 1. The van der Waals surface area contributed by atoms with E-state index in [0.717, 1.165) is 11.1 Å². The molecule has 0 atom stereocenters. The van der Waals surface area contributed by atoms with Crippen LogP contribution in [0.25, 0.3) is 10.9 Å². The SMILES string of the molecule is Cc1cccc(S(=O)(=O)NC(=O)c2nn(Cc3ccc(F)cc3)c3ccccc23)c1. The van der Waals surface area contributed by atoms with Gasteiger partial charge in [-0.15, -0.1) is 0 Å². The van der Waals surface area contributed by atoms with E-state index in [4.69, 9.17) is 0 Å². The van der Waals surface area contributed by atoms with Crippen LogP contribution in [0.3, 0.4) is 0 Å². The number of nitrogens with one attached hydrogen (secondary N) is 1. The lowest BCUT2D eigenvalue weighted by Crippen LogP contribution is -2.31. The number of hydrogen-bond acceptors (Lipinski definition) is 4. The third-order valence-corrected chi connectivity index (χ3v) is 5.97. The van der Waals surface area contributed by atoms with Crippen molar-refractivity contribution < 1.29 is 17.6 Å². The van der Waals surface area contributed by atoms with Gasteiger partial charge in [0.2, 0.25) is 0 Å². The molecule has 8 heteroatoms. The Hall–Kier alpha value is -3.52. The molecule has 0 aliphatic heterocycles. The summed E-state index contributed by atoms with van der Waals surface area (Å²) in [7, 11) is -4.04. The molecule has 0 bridgehead atoms. The maximum atomic E-state index is 13.2. The number of carbonyl (C=O) groups excluding carboxylic acids is 1. The Balaban J connectivity index is 1.68. The van der Waals surface area contributed by atoms with E-state index in [0.29, 0.717) is 17.4 Å². The number of halogens is 1. The van der Waals surface area contributed by atoms with Crippen LogP contribution in [0.2, 0.25) is 0 Å². The number of hydrogen-bond donors (Lipinski definition) is 1. The smallest absolute Gasteiger partial charge is 0.266 e. The molecule has 1 heterocycles. The lowest BCUT2D eigenvalue weighted by atomic mass is 10.2. The third kappa shape index (κ3) is 3.95. The fourth-order valence-corrected chi connectivity index (χ4v) is 4.25. The van der Waals surface area contributed by atoms with Crippen LogP contribution in [0, 0.1) is 12.7 Å². The maximum Gasteiger partial charge on any atom is 0.286 e.